The molecule has 1 aromatic heterocycles. The Kier molecular flexibility index (Phi) is 4.88. The highest BCUT2D eigenvalue weighted by molar-refractivity contribution is 6.35. The minimum Gasteiger partial charge on any atom is -0.359 e. The Hall–Kier alpha value is -3.12. The smallest absolute Gasteiger partial charge is 0.273 e. The number of H-pyrrole nitrogens is 1. The molecule has 7 heteroatoms. The zero-order chi connectivity index (χ0) is 19.7. The predicted molar refractivity (Wildman–Crippen MR) is 109 cm³/mol. The van der Waals surface area contributed by atoms with Crippen molar-refractivity contribution in [3.63, 3.8) is 0 Å². The van der Waals surface area contributed by atoms with E-state index in [9.17, 15) is 14.9 Å². The molecule has 0 radical (unpaired) electrons. The number of benzene rings is 2. The Morgan fingerprint density at radius 2 is 2.04 bits per heavy atom. The van der Waals surface area contributed by atoms with Crippen molar-refractivity contribution in [2.45, 2.75) is 12.8 Å². The molecule has 0 saturated carbocycles. The topological polar surface area (TPSA) is 79.2 Å². The number of nitro benzene ring substituents is 1. The number of aromatic nitrogens is 1. The molecule has 3 aromatic rings. The Labute approximate surface area is 166 Å². The Balaban J connectivity index is 1.50. The van der Waals surface area contributed by atoms with Gasteiger partial charge < -0.3 is 9.88 Å². The quantitative estimate of drug-likeness (QED) is 0.518. The third kappa shape index (κ3) is 3.39. The Morgan fingerprint density at radius 3 is 2.79 bits per heavy atom. The number of rotatable bonds is 4. The molecular formula is C21H18ClN3O3. The Morgan fingerprint density at radius 1 is 1.21 bits per heavy atom. The molecule has 2 heterocycles. The second-order valence-electron chi connectivity index (χ2n) is 6.75. The zero-order valence-corrected chi connectivity index (χ0v) is 15.8. The number of amides is 1. The Bertz CT molecular complexity index is 1100. The summed E-state index contributed by atoms with van der Waals surface area (Å²) in [5, 5.41) is 12.9. The van der Waals surface area contributed by atoms with Crippen molar-refractivity contribution in [1.82, 2.24) is 9.88 Å². The number of fused-ring (bicyclic) bond motifs is 1. The standard InChI is InChI=1S/C21H18ClN3O3/c22-18-6-3-5-16-17(13-23-21(16)18)14-8-10-24(11-9-14)20(26)12-15-4-1-2-7-19(15)25(27)28/h1-8,13,23H,9-12H2. The van der Waals surface area contributed by atoms with Gasteiger partial charge in [0.15, 0.2) is 0 Å². The van der Waals surface area contributed by atoms with Crippen molar-refractivity contribution < 1.29 is 9.72 Å². The van der Waals surface area contributed by atoms with Gasteiger partial charge in [0.2, 0.25) is 5.91 Å². The van der Waals surface area contributed by atoms with E-state index >= 15 is 0 Å². The third-order valence-corrected chi connectivity index (χ3v) is 5.42. The van der Waals surface area contributed by atoms with Gasteiger partial charge in [-0.25, -0.2) is 0 Å². The van der Waals surface area contributed by atoms with Gasteiger partial charge in [0.05, 0.1) is 21.9 Å². The van der Waals surface area contributed by atoms with Crippen LogP contribution in [0.4, 0.5) is 5.69 Å². The summed E-state index contributed by atoms with van der Waals surface area (Å²) in [4.78, 5) is 28.3. The molecule has 0 bridgehead atoms. The second kappa shape index (κ2) is 7.48. The molecule has 4 rings (SSSR count). The average molecular weight is 396 g/mol. The van der Waals surface area contributed by atoms with E-state index in [1.807, 2.05) is 30.5 Å². The fourth-order valence-electron chi connectivity index (χ4n) is 3.64. The van der Waals surface area contributed by atoms with Gasteiger partial charge in [0.1, 0.15) is 0 Å². The molecule has 28 heavy (non-hydrogen) atoms. The minimum absolute atomic E-state index is 0.0141. The van der Waals surface area contributed by atoms with Gasteiger partial charge in [-0.2, -0.15) is 0 Å². The van der Waals surface area contributed by atoms with E-state index in [0.29, 0.717) is 23.7 Å². The molecule has 0 atom stereocenters. The molecule has 1 aliphatic rings. The van der Waals surface area contributed by atoms with E-state index in [-0.39, 0.29) is 18.0 Å². The summed E-state index contributed by atoms with van der Waals surface area (Å²) in [5.41, 5.74) is 3.61. The van der Waals surface area contributed by atoms with E-state index in [4.69, 9.17) is 11.6 Å². The van der Waals surface area contributed by atoms with E-state index in [1.165, 1.54) is 11.6 Å². The largest absolute Gasteiger partial charge is 0.359 e. The molecule has 0 spiro atoms. The van der Waals surface area contributed by atoms with Crippen LogP contribution in [0.25, 0.3) is 16.5 Å². The van der Waals surface area contributed by atoms with Crippen LogP contribution in [0.3, 0.4) is 0 Å². The summed E-state index contributed by atoms with van der Waals surface area (Å²) in [7, 11) is 0. The van der Waals surface area contributed by atoms with Crippen LogP contribution >= 0.6 is 11.6 Å². The van der Waals surface area contributed by atoms with Gasteiger partial charge in [-0.1, -0.05) is 48.0 Å². The first-order valence-corrected chi connectivity index (χ1v) is 9.37. The zero-order valence-electron chi connectivity index (χ0n) is 15.0. The number of nitrogens with zero attached hydrogens (tertiary/aromatic N) is 2. The van der Waals surface area contributed by atoms with Crippen LogP contribution in [-0.2, 0) is 11.2 Å². The van der Waals surface area contributed by atoms with E-state index in [2.05, 4.69) is 4.98 Å². The first-order chi connectivity index (χ1) is 13.5. The van der Waals surface area contributed by atoms with Gasteiger partial charge in [-0.05, 0) is 18.1 Å². The summed E-state index contributed by atoms with van der Waals surface area (Å²) in [6.45, 7) is 1.07. The average Bonchev–Trinajstić information content (AvgIpc) is 3.14. The van der Waals surface area contributed by atoms with Gasteiger partial charge in [0, 0.05) is 41.9 Å². The maximum absolute atomic E-state index is 12.6. The number of carbonyl (C=O) groups is 1. The lowest BCUT2D eigenvalue weighted by molar-refractivity contribution is -0.385. The number of nitro groups is 1. The van der Waals surface area contributed by atoms with Crippen molar-refractivity contribution in [1.29, 1.82) is 0 Å². The summed E-state index contributed by atoms with van der Waals surface area (Å²) >= 11 is 6.23. The van der Waals surface area contributed by atoms with Crippen LogP contribution in [-0.4, -0.2) is 33.8 Å². The number of carbonyl (C=O) groups excluding carboxylic acids is 1. The third-order valence-electron chi connectivity index (χ3n) is 5.10. The first-order valence-electron chi connectivity index (χ1n) is 8.99. The van der Waals surface area contributed by atoms with Crippen LogP contribution in [0.15, 0.2) is 54.7 Å². The highest BCUT2D eigenvalue weighted by atomic mass is 35.5. The number of halogens is 1. The van der Waals surface area contributed by atoms with Crippen molar-refractivity contribution >= 4 is 39.7 Å². The van der Waals surface area contributed by atoms with Crippen molar-refractivity contribution in [3.8, 4) is 0 Å². The van der Waals surface area contributed by atoms with E-state index in [1.54, 1.807) is 23.1 Å². The molecule has 0 fully saturated rings. The number of hydrogen-bond donors (Lipinski definition) is 1. The molecule has 142 valence electrons. The van der Waals surface area contributed by atoms with Crippen LogP contribution in [0, 0.1) is 10.1 Å². The molecule has 0 unspecified atom stereocenters. The maximum Gasteiger partial charge on any atom is 0.273 e. The number of para-hydroxylation sites is 2. The van der Waals surface area contributed by atoms with Gasteiger partial charge in [-0.3, -0.25) is 14.9 Å². The number of aromatic amines is 1. The molecule has 0 saturated heterocycles. The molecule has 1 aliphatic heterocycles. The van der Waals surface area contributed by atoms with Gasteiger partial charge in [-0.15, -0.1) is 0 Å². The lowest BCUT2D eigenvalue weighted by atomic mass is 9.98. The van der Waals surface area contributed by atoms with Crippen LogP contribution in [0.1, 0.15) is 17.5 Å². The SMILES string of the molecule is O=C(Cc1ccccc1[N+](=O)[O-])N1CC=C(c2c[nH]c3c(Cl)cccc23)CC1. The summed E-state index contributed by atoms with van der Waals surface area (Å²) < 4.78 is 0. The van der Waals surface area contributed by atoms with Crippen molar-refractivity contribution in [2.24, 2.45) is 0 Å². The number of nitrogens with one attached hydrogen (secondary N) is 1. The molecule has 1 N–H and O–H groups in total. The molecular weight excluding hydrogens is 378 g/mol. The normalized spacial score (nSPS) is 14.2. The van der Waals surface area contributed by atoms with Crippen molar-refractivity contribution in [2.75, 3.05) is 13.1 Å². The highest BCUT2D eigenvalue weighted by Crippen LogP contribution is 2.32. The van der Waals surface area contributed by atoms with E-state index in [0.717, 1.165) is 22.9 Å². The molecule has 6 nitrogen and oxygen atoms in total. The highest BCUT2D eigenvalue weighted by Gasteiger charge is 2.22. The molecule has 1 amide bonds. The predicted octanol–water partition coefficient (Wildman–Crippen LogP) is 4.59. The van der Waals surface area contributed by atoms with Crippen molar-refractivity contribution in [3.05, 3.63) is 81.0 Å². The summed E-state index contributed by atoms with van der Waals surface area (Å²) in [5.74, 6) is -0.105. The fourth-order valence-corrected chi connectivity index (χ4v) is 3.87. The summed E-state index contributed by atoms with van der Waals surface area (Å²) in [6, 6.07) is 12.2. The van der Waals surface area contributed by atoms with Crippen LogP contribution in [0.2, 0.25) is 5.02 Å². The number of hydrogen-bond acceptors (Lipinski definition) is 3. The van der Waals surface area contributed by atoms with Gasteiger partial charge in [0.25, 0.3) is 5.69 Å². The minimum atomic E-state index is -0.445. The molecule has 2 aromatic carbocycles. The monoisotopic (exact) mass is 395 g/mol. The van der Waals surface area contributed by atoms with E-state index < -0.39 is 4.92 Å². The first kappa shape index (κ1) is 18.3. The lowest BCUT2D eigenvalue weighted by Gasteiger charge is -2.26. The second-order valence-corrected chi connectivity index (χ2v) is 7.15. The lowest BCUT2D eigenvalue weighted by Crippen LogP contribution is -2.35. The maximum atomic E-state index is 12.6. The summed E-state index contributed by atoms with van der Waals surface area (Å²) in [6.07, 6.45) is 4.75. The molecule has 0 aliphatic carbocycles. The van der Waals surface area contributed by atoms with Crippen LogP contribution < -0.4 is 0 Å². The van der Waals surface area contributed by atoms with Gasteiger partial charge >= 0.3 is 0 Å². The van der Waals surface area contributed by atoms with Crippen LogP contribution in [0.5, 0.6) is 0 Å². The fraction of sp³-hybridized carbons (Fsp3) is 0.190.